The maximum absolute atomic E-state index is 13.4. The molecule has 1 saturated carbocycles. The quantitative estimate of drug-likeness (QED) is 0.857. The van der Waals surface area contributed by atoms with Gasteiger partial charge in [-0.2, -0.15) is 0 Å². The van der Waals surface area contributed by atoms with Crippen molar-refractivity contribution in [1.29, 1.82) is 0 Å². The highest BCUT2D eigenvalue weighted by Gasteiger charge is 2.35. The van der Waals surface area contributed by atoms with Gasteiger partial charge in [-0.15, -0.1) is 0 Å². The molecule has 3 nitrogen and oxygen atoms in total. The monoisotopic (exact) mass is 224 g/mol. The second-order valence-corrected chi connectivity index (χ2v) is 4.10. The van der Waals surface area contributed by atoms with Crippen LogP contribution in [0.4, 0.5) is 4.39 Å². The van der Waals surface area contributed by atoms with Crippen LogP contribution >= 0.6 is 0 Å². The van der Waals surface area contributed by atoms with Crippen LogP contribution in [0.15, 0.2) is 18.2 Å². The molecule has 0 aliphatic heterocycles. The van der Waals surface area contributed by atoms with E-state index in [9.17, 15) is 9.18 Å². The Balaban J connectivity index is 2.07. The van der Waals surface area contributed by atoms with Crippen molar-refractivity contribution in [3.8, 4) is 5.75 Å². The summed E-state index contributed by atoms with van der Waals surface area (Å²) in [4.78, 5) is 10.6. The van der Waals surface area contributed by atoms with Gasteiger partial charge in [0, 0.05) is 0 Å². The molecule has 0 saturated heterocycles. The van der Waals surface area contributed by atoms with Crippen LogP contribution in [0.25, 0.3) is 0 Å². The highest BCUT2D eigenvalue weighted by atomic mass is 19.1. The highest BCUT2D eigenvalue weighted by Crippen LogP contribution is 2.42. The number of hydrogen-bond donors (Lipinski definition) is 1. The summed E-state index contributed by atoms with van der Waals surface area (Å²) in [5.41, 5.74) is 0.857. The zero-order valence-corrected chi connectivity index (χ0v) is 8.94. The van der Waals surface area contributed by atoms with Gasteiger partial charge in [0.1, 0.15) is 0 Å². The number of halogens is 1. The molecule has 1 aromatic rings. The summed E-state index contributed by atoms with van der Waals surface area (Å²) < 4.78 is 18.2. The summed E-state index contributed by atoms with van der Waals surface area (Å²) >= 11 is 0. The van der Waals surface area contributed by atoms with Crippen molar-refractivity contribution in [3.05, 3.63) is 29.6 Å². The van der Waals surface area contributed by atoms with Gasteiger partial charge in [0.05, 0.1) is 13.0 Å². The molecule has 1 aromatic carbocycles. The van der Waals surface area contributed by atoms with E-state index in [1.165, 1.54) is 13.2 Å². The lowest BCUT2D eigenvalue weighted by molar-refractivity contribution is -0.145. The molecule has 0 atom stereocenters. The Bertz CT molecular complexity index is 411. The van der Waals surface area contributed by atoms with Crippen molar-refractivity contribution < 1.29 is 19.0 Å². The van der Waals surface area contributed by atoms with Crippen LogP contribution in [0, 0.1) is 11.7 Å². The minimum Gasteiger partial charge on any atom is -0.494 e. The zero-order chi connectivity index (χ0) is 11.7. The van der Waals surface area contributed by atoms with E-state index >= 15 is 0 Å². The van der Waals surface area contributed by atoms with Gasteiger partial charge in [0.2, 0.25) is 0 Å². The molecular weight excluding hydrogens is 211 g/mol. The van der Waals surface area contributed by atoms with Crippen LogP contribution in [0.3, 0.4) is 0 Å². The van der Waals surface area contributed by atoms with E-state index in [0.29, 0.717) is 12.8 Å². The minimum absolute atomic E-state index is 0.168. The number of ether oxygens (including phenoxy) is 1. The van der Waals surface area contributed by atoms with Gasteiger partial charge in [-0.25, -0.2) is 4.39 Å². The molecule has 0 bridgehead atoms. The summed E-state index contributed by atoms with van der Waals surface area (Å²) in [7, 11) is 1.42. The van der Waals surface area contributed by atoms with Crippen molar-refractivity contribution in [2.45, 2.75) is 18.8 Å². The fourth-order valence-corrected chi connectivity index (χ4v) is 2.03. The summed E-state index contributed by atoms with van der Waals surface area (Å²) in [6.07, 6.45) is 1.20. The molecule has 0 amide bonds. The fraction of sp³-hybridized carbons (Fsp3) is 0.417. The van der Waals surface area contributed by atoms with E-state index in [0.717, 1.165) is 5.56 Å². The van der Waals surface area contributed by atoms with Gasteiger partial charge in [0.25, 0.3) is 0 Å². The van der Waals surface area contributed by atoms with E-state index in [1.807, 2.05) is 0 Å². The van der Waals surface area contributed by atoms with Crippen molar-refractivity contribution in [2.75, 3.05) is 7.11 Å². The second-order valence-electron chi connectivity index (χ2n) is 4.10. The maximum atomic E-state index is 13.4. The lowest BCUT2D eigenvalue weighted by Gasteiger charge is -2.32. The van der Waals surface area contributed by atoms with Gasteiger partial charge in [-0.05, 0) is 36.5 Å². The van der Waals surface area contributed by atoms with E-state index in [2.05, 4.69) is 0 Å². The third-order valence-corrected chi connectivity index (χ3v) is 3.13. The minimum atomic E-state index is -0.759. The SMILES string of the molecule is COc1ccc(C2CC(C(=O)O)C2)cc1F. The standard InChI is InChI=1S/C12H13FO3/c1-16-11-3-2-7(6-10(11)13)8-4-9(5-8)12(14)15/h2-3,6,8-9H,4-5H2,1H3,(H,14,15). The molecule has 16 heavy (non-hydrogen) atoms. The average molecular weight is 224 g/mol. The zero-order valence-electron chi connectivity index (χ0n) is 8.94. The maximum Gasteiger partial charge on any atom is 0.306 e. The molecule has 86 valence electrons. The van der Waals surface area contributed by atoms with E-state index in [-0.39, 0.29) is 17.6 Å². The predicted molar refractivity (Wildman–Crippen MR) is 56.1 cm³/mol. The van der Waals surface area contributed by atoms with Crippen LogP contribution in [0.5, 0.6) is 5.75 Å². The molecule has 1 aliphatic carbocycles. The van der Waals surface area contributed by atoms with Gasteiger partial charge >= 0.3 is 5.97 Å². The first kappa shape index (κ1) is 10.9. The summed E-state index contributed by atoms with van der Waals surface area (Å²) in [6.45, 7) is 0. The number of carboxylic acid groups (broad SMARTS) is 1. The van der Waals surface area contributed by atoms with Crippen LogP contribution in [0.1, 0.15) is 24.3 Å². The van der Waals surface area contributed by atoms with E-state index < -0.39 is 11.8 Å². The molecule has 0 spiro atoms. The summed E-state index contributed by atoms with van der Waals surface area (Å²) in [5.74, 6) is -1.03. The first-order chi connectivity index (χ1) is 7.61. The Labute approximate surface area is 92.9 Å². The van der Waals surface area contributed by atoms with Gasteiger partial charge in [0.15, 0.2) is 11.6 Å². The fourth-order valence-electron chi connectivity index (χ4n) is 2.03. The van der Waals surface area contributed by atoms with Crippen molar-refractivity contribution >= 4 is 5.97 Å². The first-order valence-corrected chi connectivity index (χ1v) is 5.18. The number of carboxylic acids is 1. The molecule has 1 N–H and O–H groups in total. The van der Waals surface area contributed by atoms with Crippen LogP contribution in [-0.2, 0) is 4.79 Å². The topological polar surface area (TPSA) is 46.5 Å². The number of benzene rings is 1. The molecular formula is C12H13FO3. The van der Waals surface area contributed by atoms with E-state index in [1.54, 1.807) is 12.1 Å². The second kappa shape index (κ2) is 4.12. The number of aliphatic carboxylic acids is 1. The number of hydrogen-bond acceptors (Lipinski definition) is 2. The Morgan fingerprint density at radius 3 is 2.69 bits per heavy atom. The molecule has 2 rings (SSSR count). The summed E-state index contributed by atoms with van der Waals surface area (Å²) in [6, 6.07) is 4.81. The molecule has 0 unspecified atom stereocenters. The Hall–Kier alpha value is -1.58. The van der Waals surface area contributed by atoms with Gasteiger partial charge in [-0.1, -0.05) is 6.07 Å². The average Bonchev–Trinajstić information content (AvgIpc) is 2.15. The van der Waals surface area contributed by atoms with Crippen molar-refractivity contribution in [2.24, 2.45) is 5.92 Å². The molecule has 0 heterocycles. The summed E-state index contributed by atoms with van der Waals surface area (Å²) in [5, 5.41) is 8.74. The van der Waals surface area contributed by atoms with Crippen molar-refractivity contribution in [3.63, 3.8) is 0 Å². The largest absolute Gasteiger partial charge is 0.494 e. The highest BCUT2D eigenvalue weighted by molar-refractivity contribution is 5.71. The molecule has 1 fully saturated rings. The van der Waals surface area contributed by atoms with Crippen LogP contribution in [-0.4, -0.2) is 18.2 Å². The molecule has 0 aromatic heterocycles. The van der Waals surface area contributed by atoms with Gasteiger partial charge < -0.3 is 9.84 Å². The smallest absolute Gasteiger partial charge is 0.306 e. The normalized spacial score (nSPS) is 23.6. The van der Waals surface area contributed by atoms with Crippen LogP contribution < -0.4 is 4.74 Å². The number of methoxy groups -OCH3 is 1. The lowest BCUT2D eigenvalue weighted by Crippen LogP contribution is -2.28. The molecule has 4 heteroatoms. The third kappa shape index (κ3) is 1.87. The number of rotatable bonds is 3. The predicted octanol–water partition coefficient (Wildman–Crippen LogP) is 2.41. The molecule has 1 aliphatic rings. The first-order valence-electron chi connectivity index (χ1n) is 5.18. The van der Waals surface area contributed by atoms with Crippen molar-refractivity contribution in [1.82, 2.24) is 0 Å². The Morgan fingerprint density at radius 2 is 2.19 bits per heavy atom. The van der Waals surface area contributed by atoms with E-state index in [4.69, 9.17) is 9.84 Å². The van der Waals surface area contributed by atoms with Gasteiger partial charge in [-0.3, -0.25) is 4.79 Å². The molecule has 0 radical (unpaired) electrons. The van der Waals surface area contributed by atoms with Crippen LogP contribution in [0.2, 0.25) is 0 Å². The Morgan fingerprint density at radius 1 is 1.50 bits per heavy atom. The third-order valence-electron chi connectivity index (χ3n) is 3.13. The Kier molecular flexibility index (Phi) is 2.81. The lowest BCUT2D eigenvalue weighted by atomic mass is 9.71. The number of carbonyl (C=O) groups is 1.